The van der Waals surface area contributed by atoms with Crippen molar-refractivity contribution in [3.8, 4) is 0 Å². The summed E-state index contributed by atoms with van der Waals surface area (Å²) in [6.45, 7) is 3.97. The van der Waals surface area contributed by atoms with Crippen LogP contribution in [-0.2, 0) is 33.0 Å². The van der Waals surface area contributed by atoms with Gasteiger partial charge in [0.2, 0.25) is 0 Å². The monoisotopic (exact) mass is 758 g/mol. The first-order valence-corrected chi connectivity index (χ1v) is 15.0. The maximum Gasteiger partial charge on any atom is 0.272 e. The summed E-state index contributed by atoms with van der Waals surface area (Å²) in [4.78, 5) is 67.4. The molecule has 0 unspecified atom stereocenters. The van der Waals surface area contributed by atoms with E-state index >= 15 is 0 Å². The molecule has 0 aliphatic rings. The fraction of sp³-hybridized carbons (Fsp3) is 0.200. The average Bonchev–Trinajstić information content (AvgIpc) is 3.76. The second-order valence-electron chi connectivity index (χ2n) is 10.7. The van der Waals surface area contributed by atoms with Crippen molar-refractivity contribution in [2.45, 2.75) is 0 Å². The third-order valence-electron chi connectivity index (χ3n) is 6.92. The van der Waals surface area contributed by atoms with E-state index in [2.05, 4.69) is 54.1 Å². The third kappa shape index (κ3) is 9.42. The lowest BCUT2D eigenvalue weighted by molar-refractivity contribution is -0.112. The molecule has 0 radical (unpaired) electrons. The molecule has 0 bridgehead atoms. The number of nitrogens with two attached hydrogens (primary N) is 2. The Morgan fingerprint density at radius 3 is 1.31 bits per heavy atom. The minimum Gasteiger partial charge on any atom is -0.370 e. The minimum atomic E-state index is -0.479. The highest BCUT2D eigenvalue weighted by molar-refractivity contribution is 9.12. The van der Waals surface area contributed by atoms with E-state index in [0.29, 0.717) is 28.4 Å². The van der Waals surface area contributed by atoms with Gasteiger partial charge >= 0.3 is 0 Å². The molecule has 4 aromatic heterocycles. The van der Waals surface area contributed by atoms with Gasteiger partial charge in [0.25, 0.3) is 29.5 Å². The number of halogens is 2. The molecule has 4 rings (SSSR count). The summed E-state index contributed by atoms with van der Waals surface area (Å²) in [5.41, 5.74) is 13.2. The van der Waals surface area contributed by atoms with Crippen molar-refractivity contribution >= 4 is 86.6 Å². The second kappa shape index (κ2) is 15.9. The summed E-state index contributed by atoms with van der Waals surface area (Å²) < 4.78 is 6.35. The molecule has 0 spiro atoms. The summed E-state index contributed by atoms with van der Waals surface area (Å²) >= 11 is 3.01. The number of carbonyl (C=O) groups is 5. The van der Waals surface area contributed by atoms with E-state index < -0.39 is 23.6 Å². The first kappa shape index (κ1) is 37.7. The molecule has 0 saturated heterocycles. The Morgan fingerprint density at radius 2 is 0.980 bits per heavy atom. The Balaban J connectivity index is 0.00000650. The van der Waals surface area contributed by atoms with Gasteiger partial charge in [-0.3, -0.25) is 29.0 Å². The molecule has 0 aliphatic heterocycles. The number of nitrogens with zero attached hydrogens (tertiary/aromatic N) is 5. The zero-order valence-corrected chi connectivity index (χ0v) is 29.4. The molecule has 4 aromatic rings. The number of amides is 5. The molecule has 0 saturated carbocycles. The van der Waals surface area contributed by atoms with Crippen LogP contribution < -0.4 is 38.1 Å². The Bertz CT molecular complexity index is 1960. The summed E-state index contributed by atoms with van der Waals surface area (Å²) in [6.07, 6.45) is 6.33. The fourth-order valence-corrected chi connectivity index (χ4v) is 4.76. The van der Waals surface area contributed by atoms with Crippen LogP contribution in [0.2, 0.25) is 0 Å². The predicted molar refractivity (Wildman–Crippen MR) is 192 cm³/mol. The van der Waals surface area contributed by atoms with Gasteiger partial charge in [0.1, 0.15) is 22.8 Å². The van der Waals surface area contributed by atoms with Crippen LogP contribution in [0, 0.1) is 0 Å². The summed E-state index contributed by atoms with van der Waals surface area (Å²) in [5, 5.41) is 13.6. The van der Waals surface area contributed by atoms with Crippen LogP contribution in [0.15, 0.2) is 65.1 Å². The zero-order valence-electron chi connectivity index (χ0n) is 27.0. The predicted octanol–water partition coefficient (Wildman–Crippen LogP) is 2.07. The number of aryl methyl sites for hydroxylation is 4. The lowest BCUT2D eigenvalue weighted by Crippen LogP contribution is -2.29. The first-order chi connectivity index (χ1) is 22.6. The molecular weight excluding hydrogens is 724 g/mol. The third-order valence-corrected chi connectivity index (χ3v) is 7.28. The second-order valence-corrected chi connectivity index (χ2v) is 11.6. The van der Waals surface area contributed by atoms with Crippen LogP contribution in [0.3, 0.4) is 0 Å². The van der Waals surface area contributed by atoms with Gasteiger partial charge in [0, 0.05) is 59.5 Å². The number of nitrogens with one attached hydrogen (secondary N) is 5. The molecule has 19 heteroatoms. The summed E-state index contributed by atoms with van der Waals surface area (Å²) in [6, 6.07) is 6.06. The van der Waals surface area contributed by atoms with E-state index in [1.807, 2.05) is 0 Å². The molecule has 9 N–H and O–H groups in total. The Kier molecular flexibility index (Phi) is 12.2. The quantitative estimate of drug-likeness (QED) is 0.0492. The SMILES string of the molecule is C=C(Br)C(=O)Nc1cc(C(=O)Nc2cc(C(=O)Nc3cc(C(=O)Nc4cc(C(=O)NCCN=C(N)N)n(C)c4)n(C)c3)n(C)c2)n(C)c1.Cl. The molecule has 4 heterocycles. The van der Waals surface area contributed by atoms with E-state index in [9.17, 15) is 24.0 Å². The Morgan fingerprint density at radius 1 is 0.653 bits per heavy atom. The van der Waals surface area contributed by atoms with E-state index in [-0.39, 0.29) is 58.9 Å². The van der Waals surface area contributed by atoms with Gasteiger partial charge in [-0.1, -0.05) is 6.58 Å². The van der Waals surface area contributed by atoms with Gasteiger partial charge in [-0.25, -0.2) is 0 Å². The van der Waals surface area contributed by atoms with Gasteiger partial charge in [-0.15, -0.1) is 12.4 Å². The number of guanidine groups is 1. The van der Waals surface area contributed by atoms with Crippen LogP contribution in [0.1, 0.15) is 42.0 Å². The molecule has 260 valence electrons. The molecule has 0 atom stereocenters. The van der Waals surface area contributed by atoms with Crippen LogP contribution in [0.4, 0.5) is 22.7 Å². The Hall–Kier alpha value is -5.75. The average molecular weight is 760 g/mol. The molecule has 5 amide bonds. The largest absolute Gasteiger partial charge is 0.370 e. The molecule has 17 nitrogen and oxygen atoms in total. The van der Waals surface area contributed by atoms with Crippen molar-refractivity contribution in [3.05, 3.63) is 82.9 Å². The Labute approximate surface area is 295 Å². The van der Waals surface area contributed by atoms with Crippen molar-refractivity contribution in [1.82, 2.24) is 23.6 Å². The normalized spacial score (nSPS) is 10.4. The number of aromatic nitrogens is 4. The van der Waals surface area contributed by atoms with Crippen molar-refractivity contribution in [2.75, 3.05) is 34.4 Å². The molecule has 0 aliphatic carbocycles. The van der Waals surface area contributed by atoms with E-state index in [4.69, 9.17) is 11.5 Å². The number of hydrogen-bond acceptors (Lipinski definition) is 6. The molecule has 0 fully saturated rings. The molecular formula is C30H36BrClN12O5. The van der Waals surface area contributed by atoms with Gasteiger partial charge in [0.05, 0.1) is 33.8 Å². The van der Waals surface area contributed by atoms with Gasteiger partial charge < -0.3 is 56.3 Å². The maximum atomic E-state index is 13.2. The number of rotatable bonds is 12. The zero-order chi connectivity index (χ0) is 35.3. The van der Waals surface area contributed by atoms with Crippen LogP contribution in [0.25, 0.3) is 0 Å². The van der Waals surface area contributed by atoms with E-state index in [0.717, 1.165) is 0 Å². The molecule has 0 aromatic carbocycles. The number of aliphatic imine (C=N–C) groups is 1. The van der Waals surface area contributed by atoms with Gasteiger partial charge in [-0.05, 0) is 40.2 Å². The van der Waals surface area contributed by atoms with Gasteiger partial charge in [-0.2, -0.15) is 0 Å². The lowest BCUT2D eigenvalue weighted by Gasteiger charge is -2.04. The first-order valence-electron chi connectivity index (χ1n) is 14.2. The fourth-order valence-electron chi connectivity index (χ4n) is 4.66. The van der Waals surface area contributed by atoms with E-state index in [1.54, 1.807) is 71.2 Å². The summed E-state index contributed by atoms with van der Waals surface area (Å²) in [5.74, 6) is -2.28. The number of carbonyl (C=O) groups excluding carboxylic acids is 5. The summed E-state index contributed by atoms with van der Waals surface area (Å²) in [7, 11) is 6.62. The highest BCUT2D eigenvalue weighted by atomic mass is 79.9. The van der Waals surface area contributed by atoms with Crippen LogP contribution in [-0.4, -0.2) is 66.9 Å². The smallest absolute Gasteiger partial charge is 0.272 e. The maximum absolute atomic E-state index is 13.2. The lowest BCUT2D eigenvalue weighted by atomic mass is 10.3. The van der Waals surface area contributed by atoms with Crippen molar-refractivity contribution in [2.24, 2.45) is 44.7 Å². The number of anilines is 4. The molecule has 49 heavy (non-hydrogen) atoms. The topological polar surface area (TPSA) is 230 Å². The van der Waals surface area contributed by atoms with Crippen molar-refractivity contribution < 1.29 is 24.0 Å². The standard InChI is InChI=1S/C30H35BrN12O5.ClH/c1-16(31)25(44)36-17-9-22(41(3)12-17)27(46)38-19-11-24(43(5)14-19)29(48)39-20-10-23(42(4)15-20)28(47)37-18-8-21(40(2)13-18)26(45)34-6-7-35-30(32)33;/h8-15H,1,6-7H2,2-5H3,(H,34,45)(H,36,44)(H,37,47)(H,38,46)(H,39,48)(H4,32,33,35);1H. The van der Waals surface area contributed by atoms with Crippen LogP contribution >= 0.6 is 28.3 Å². The highest BCUT2D eigenvalue weighted by Crippen LogP contribution is 2.21. The van der Waals surface area contributed by atoms with E-state index in [1.165, 1.54) is 24.3 Å². The van der Waals surface area contributed by atoms with Gasteiger partial charge in [0.15, 0.2) is 5.96 Å². The highest BCUT2D eigenvalue weighted by Gasteiger charge is 2.20. The van der Waals surface area contributed by atoms with Crippen molar-refractivity contribution in [1.29, 1.82) is 0 Å². The van der Waals surface area contributed by atoms with Crippen LogP contribution in [0.5, 0.6) is 0 Å². The number of hydrogen-bond donors (Lipinski definition) is 7. The minimum absolute atomic E-state index is 0. The van der Waals surface area contributed by atoms with Crippen molar-refractivity contribution in [3.63, 3.8) is 0 Å².